The van der Waals surface area contributed by atoms with Crippen molar-refractivity contribution in [1.82, 2.24) is 25.4 Å². The van der Waals surface area contributed by atoms with Crippen LogP contribution in [0.15, 0.2) is 23.2 Å². The van der Waals surface area contributed by atoms with Gasteiger partial charge in [-0.25, -0.2) is 4.98 Å². The lowest BCUT2D eigenvalue weighted by atomic mass is 9.93. The standard InChI is InChI=1S/C15H17N5O3S/c21-14(12-7-24-8-17-12)16-3-9-6-23-13-5-20(4-10(9)13)15(22)11-1-2-18-19-11/h1-2,7-10,13H,3-6H2,(H,16,21)(H,18,19)/t9-,10+,13+/m0/s1. The highest BCUT2D eigenvalue weighted by atomic mass is 32.1. The summed E-state index contributed by atoms with van der Waals surface area (Å²) in [4.78, 5) is 30.2. The average Bonchev–Trinajstić information content (AvgIpc) is 3.37. The molecule has 2 aliphatic rings. The highest BCUT2D eigenvalue weighted by molar-refractivity contribution is 7.07. The van der Waals surface area contributed by atoms with Crippen molar-refractivity contribution in [1.29, 1.82) is 0 Å². The number of rotatable bonds is 4. The largest absolute Gasteiger partial charge is 0.376 e. The summed E-state index contributed by atoms with van der Waals surface area (Å²) in [6.45, 7) is 2.36. The van der Waals surface area contributed by atoms with E-state index in [1.807, 2.05) is 0 Å². The average molecular weight is 347 g/mol. The molecule has 2 fully saturated rings. The van der Waals surface area contributed by atoms with E-state index in [0.717, 1.165) is 0 Å². The van der Waals surface area contributed by atoms with Crippen LogP contribution in [0.25, 0.3) is 0 Å². The van der Waals surface area contributed by atoms with Gasteiger partial charge in [0.2, 0.25) is 0 Å². The smallest absolute Gasteiger partial charge is 0.271 e. The number of nitrogens with one attached hydrogen (secondary N) is 2. The Morgan fingerprint density at radius 1 is 1.46 bits per heavy atom. The molecular formula is C15H17N5O3S. The number of ether oxygens (including phenoxy) is 1. The van der Waals surface area contributed by atoms with Crippen LogP contribution in [0.4, 0.5) is 0 Å². The summed E-state index contributed by atoms with van der Waals surface area (Å²) in [5.74, 6) is 0.226. The Bertz CT molecular complexity index is 718. The number of aromatic nitrogens is 3. The number of H-pyrrole nitrogens is 1. The molecule has 0 aromatic carbocycles. The van der Waals surface area contributed by atoms with Gasteiger partial charge < -0.3 is 15.0 Å². The van der Waals surface area contributed by atoms with Crippen molar-refractivity contribution in [2.45, 2.75) is 6.10 Å². The van der Waals surface area contributed by atoms with Gasteiger partial charge in [-0.3, -0.25) is 14.7 Å². The molecular weight excluding hydrogens is 330 g/mol. The Hall–Kier alpha value is -2.26. The molecule has 2 amide bonds. The summed E-state index contributed by atoms with van der Waals surface area (Å²) in [6, 6.07) is 1.67. The Balaban J connectivity index is 1.34. The molecule has 2 N–H and O–H groups in total. The molecule has 8 nitrogen and oxygen atoms in total. The van der Waals surface area contributed by atoms with E-state index in [1.54, 1.807) is 28.1 Å². The van der Waals surface area contributed by atoms with Crippen LogP contribution in [-0.4, -0.2) is 64.2 Å². The first-order chi connectivity index (χ1) is 11.7. The number of fused-ring (bicyclic) bond motifs is 1. The van der Waals surface area contributed by atoms with Gasteiger partial charge in [-0.05, 0) is 6.07 Å². The highest BCUT2D eigenvalue weighted by Crippen LogP contribution is 2.33. The SMILES string of the molecule is O=C(NC[C@H]1CO[C@@H]2CN(C(=O)c3ccn[nH]3)C[C@H]12)c1cscn1. The maximum Gasteiger partial charge on any atom is 0.271 e. The number of nitrogens with zero attached hydrogens (tertiary/aromatic N) is 3. The normalized spacial score (nSPS) is 25.7. The first kappa shape index (κ1) is 15.3. The van der Waals surface area contributed by atoms with Gasteiger partial charge in [-0.2, -0.15) is 5.10 Å². The topological polar surface area (TPSA) is 100 Å². The number of hydrogen-bond acceptors (Lipinski definition) is 6. The van der Waals surface area contributed by atoms with E-state index >= 15 is 0 Å². The Labute approximate surface area is 142 Å². The molecule has 0 saturated carbocycles. The first-order valence-corrected chi connectivity index (χ1v) is 8.73. The fourth-order valence-electron chi connectivity index (χ4n) is 3.36. The van der Waals surface area contributed by atoms with Crippen LogP contribution in [0.1, 0.15) is 21.0 Å². The molecule has 3 atom stereocenters. The third-order valence-corrected chi connectivity index (χ3v) is 5.23. The molecule has 2 saturated heterocycles. The predicted molar refractivity (Wildman–Crippen MR) is 85.7 cm³/mol. The molecule has 9 heteroatoms. The number of hydrogen-bond donors (Lipinski definition) is 2. The molecule has 0 unspecified atom stereocenters. The predicted octanol–water partition coefficient (Wildman–Crippen LogP) is 0.383. The zero-order valence-corrected chi connectivity index (χ0v) is 13.7. The monoisotopic (exact) mass is 347 g/mol. The minimum atomic E-state index is -0.164. The van der Waals surface area contributed by atoms with E-state index in [9.17, 15) is 9.59 Å². The summed E-state index contributed by atoms with van der Waals surface area (Å²) in [7, 11) is 0. The lowest BCUT2D eigenvalue weighted by Crippen LogP contribution is -2.35. The van der Waals surface area contributed by atoms with Gasteiger partial charge in [0.1, 0.15) is 11.4 Å². The maximum atomic E-state index is 12.4. The Kier molecular flexibility index (Phi) is 4.03. The molecule has 24 heavy (non-hydrogen) atoms. The van der Waals surface area contributed by atoms with Gasteiger partial charge in [-0.15, -0.1) is 11.3 Å². The van der Waals surface area contributed by atoms with Gasteiger partial charge in [0, 0.05) is 43.0 Å². The molecule has 126 valence electrons. The van der Waals surface area contributed by atoms with Crippen molar-refractivity contribution in [3.8, 4) is 0 Å². The van der Waals surface area contributed by atoms with E-state index in [-0.39, 0.29) is 29.8 Å². The minimum Gasteiger partial charge on any atom is -0.376 e. The Morgan fingerprint density at radius 3 is 3.12 bits per heavy atom. The van der Waals surface area contributed by atoms with E-state index < -0.39 is 0 Å². The van der Waals surface area contributed by atoms with Gasteiger partial charge in [0.05, 0.1) is 18.2 Å². The van der Waals surface area contributed by atoms with Crippen LogP contribution in [-0.2, 0) is 4.74 Å². The summed E-state index contributed by atoms with van der Waals surface area (Å²) >= 11 is 1.39. The lowest BCUT2D eigenvalue weighted by molar-refractivity contribution is 0.0670. The third-order valence-electron chi connectivity index (χ3n) is 4.65. The molecule has 0 bridgehead atoms. The van der Waals surface area contributed by atoms with E-state index in [2.05, 4.69) is 20.5 Å². The number of likely N-dealkylation sites (tertiary alicyclic amines) is 1. The summed E-state index contributed by atoms with van der Waals surface area (Å²) in [5, 5.41) is 11.2. The van der Waals surface area contributed by atoms with E-state index in [0.29, 0.717) is 37.6 Å². The number of carbonyl (C=O) groups is 2. The molecule has 4 rings (SSSR count). The third kappa shape index (κ3) is 2.80. The number of thiazole rings is 1. The quantitative estimate of drug-likeness (QED) is 0.833. The molecule has 0 radical (unpaired) electrons. The second-order valence-electron chi connectivity index (χ2n) is 6.06. The van der Waals surface area contributed by atoms with E-state index in [1.165, 1.54) is 11.3 Å². The molecule has 2 aromatic heterocycles. The number of aromatic amines is 1. The van der Waals surface area contributed by atoms with Gasteiger partial charge in [0.15, 0.2) is 0 Å². The molecule has 2 aromatic rings. The van der Waals surface area contributed by atoms with Crippen molar-refractivity contribution in [2.75, 3.05) is 26.2 Å². The molecule has 4 heterocycles. The van der Waals surface area contributed by atoms with Crippen LogP contribution in [0.2, 0.25) is 0 Å². The second kappa shape index (κ2) is 6.33. The van der Waals surface area contributed by atoms with Crippen molar-refractivity contribution in [3.63, 3.8) is 0 Å². The van der Waals surface area contributed by atoms with E-state index in [4.69, 9.17) is 4.74 Å². The van der Waals surface area contributed by atoms with Crippen LogP contribution in [0.5, 0.6) is 0 Å². The first-order valence-electron chi connectivity index (χ1n) is 7.79. The number of amides is 2. The van der Waals surface area contributed by atoms with Crippen LogP contribution < -0.4 is 5.32 Å². The van der Waals surface area contributed by atoms with Crippen molar-refractivity contribution >= 4 is 23.2 Å². The second-order valence-corrected chi connectivity index (χ2v) is 6.78. The minimum absolute atomic E-state index is 0.0399. The number of carbonyl (C=O) groups excluding carboxylic acids is 2. The van der Waals surface area contributed by atoms with Crippen LogP contribution in [0, 0.1) is 11.8 Å². The lowest BCUT2D eigenvalue weighted by Gasteiger charge is -2.19. The summed E-state index contributed by atoms with van der Waals surface area (Å²) in [5.41, 5.74) is 2.57. The fourth-order valence-corrected chi connectivity index (χ4v) is 3.89. The van der Waals surface area contributed by atoms with Gasteiger partial charge >= 0.3 is 0 Å². The highest BCUT2D eigenvalue weighted by Gasteiger charge is 2.45. The zero-order valence-electron chi connectivity index (χ0n) is 12.8. The fraction of sp³-hybridized carbons (Fsp3) is 0.467. The maximum absolute atomic E-state index is 12.4. The zero-order chi connectivity index (χ0) is 16.5. The summed E-state index contributed by atoms with van der Waals surface area (Å²) in [6.07, 6.45) is 1.61. The van der Waals surface area contributed by atoms with Crippen LogP contribution in [0.3, 0.4) is 0 Å². The van der Waals surface area contributed by atoms with Crippen LogP contribution >= 0.6 is 11.3 Å². The van der Waals surface area contributed by atoms with Gasteiger partial charge in [0.25, 0.3) is 11.8 Å². The summed E-state index contributed by atoms with van der Waals surface area (Å²) < 4.78 is 5.83. The van der Waals surface area contributed by atoms with Gasteiger partial charge in [-0.1, -0.05) is 0 Å². The van der Waals surface area contributed by atoms with Crippen molar-refractivity contribution in [2.24, 2.45) is 11.8 Å². The van der Waals surface area contributed by atoms with Crippen molar-refractivity contribution in [3.05, 3.63) is 34.5 Å². The van der Waals surface area contributed by atoms with Crippen molar-refractivity contribution < 1.29 is 14.3 Å². The Morgan fingerprint density at radius 2 is 2.38 bits per heavy atom. The molecule has 0 aliphatic carbocycles. The molecule has 0 spiro atoms. The molecule has 2 aliphatic heterocycles.